The van der Waals surface area contributed by atoms with E-state index in [2.05, 4.69) is 25.8 Å². The Balaban J connectivity index is 1.91. The third kappa shape index (κ3) is 3.69. The van der Waals surface area contributed by atoms with Crippen LogP contribution in [0.2, 0.25) is 0 Å². The Kier molecular flexibility index (Phi) is 4.51. The quantitative estimate of drug-likeness (QED) is 0.825. The highest BCUT2D eigenvalue weighted by atomic mass is 16.3. The van der Waals surface area contributed by atoms with Crippen molar-refractivity contribution in [3.05, 3.63) is 0 Å². The van der Waals surface area contributed by atoms with E-state index in [9.17, 15) is 9.90 Å². The number of rotatable bonds is 2. The molecular weight excluding hydrogens is 240 g/mol. The maximum absolute atomic E-state index is 12.5. The largest absolute Gasteiger partial charge is 0.391 e. The smallest absolute Gasteiger partial charge is 0.223 e. The first-order chi connectivity index (χ1) is 8.88. The average molecular weight is 268 g/mol. The normalized spacial score (nSPS) is 29.5. The fourth-order valence-corrected chi connectivity index (χ4v) is 3.27. The highest BCUT2D eigenvalue weighted by Gasteiger charge is 2.37. The first-order valence-corrected chi connectivity index (χ1v) is 7.55. The summed E-state index contributed by atoms with van der Waals surface area (Å²) in [6.07, 6.45) is 4.27. The molecule has 0 spiro atoms. The fraction of sp³-hybridized carbons (Fsp3) is 0.933. The zero-order chi connectivity index (χ0) is 14.0. The van der Waals surface area contributed by atoms with Crippen molar-refractivity contribution in [2.45, 2.75) is 57.6 Å². The van der Waals surface area contributed by atoms with Gasteiger partial charge in [0.15, 0.2) is 0 Å². The van der Waals surface area contributed by atoms with Crippen molar-refractivity contribution in [3.63, 3.8) is 0 Å². The number of β-amino-alcohol motifs (C(OH)–C–C–N with tert-alkyl or cyclic N) is 1. The Morgan fingerprint density at radius 3 is 2.53 bits per heavy atom. The molecule has 110 valence electrons. The van der Waals surface area contributed by atoms with Gasteiger partial charge in [-0.2, -0.15) is 0 Å². The molecule has 0 aromatic rings. The van der Waals surface area contributed by atoms with E-state index in [0.717, 1.165) is 38.8 Å². The predicted molar refractivity (Wildman–Crippen MR) is 75.9 cm³/mol. The molecule has 2 fully saturated rings. The highest BCUT2D eigenvalue weighted by Crippen LogP contribution is 2.30. The van der Waals surface area contributed by atoms with Gasteiger partial charge in [0.2, 0.25) is 5.91 Å². The molecule has 2 heterocycles. The second-order valence-corrected chi connectivity index (χ2v) is 6.96. The predicted octanol–water partition coefficient (Wildman–Crippen LogP) is 1.48. The molecule has 2 saturated heterocycles. The van der Waals surface area contributed by atoms with Gasteiger partial charge in [0.1, 0.15) is 0 Å². The van der Waals surface area contributed by atoms with Crippen LogP contribution in [0.1, 0.15) is 46.0 Å². The molecule has 1 unspecified atom stereocenters. The van der Waals surface area contributed by atoms with E-state index in [-0.39, 0.29) is 17.6 Å². The number of aliphatic hydroxyl groups is 1. The minimum atomic E-state index is -0.338. The molecule has 0 radical (unpaired) electrons. The molecule has 0 aromatic carbocycles. The number of hydrogen-bond acceptors (Lipinski definition) is 3. The van der Waals surface area contributed by atoms with Crippen LogP contribution in [0.4, 0.5) is 0 Å². The summed E-state index contributed by atoms with van der Waals surface area (Å²) in [5.41, 5.74) is -0.0955. The highest BCUT2D eigenvalue weighted by molar-refractivity contribution is 5.77. The maximum atomic E-state index is 12.5. The molecule has 2 aliphatic rings. The number of hydrogen-bond donors (Lipinski definition) is 1. The number of aliphatic hydroxyl groups excluding tert-OH is 1. The lowest BCUT2D eigenvalue weighted by Gasteiger charge is -2.45. The van der Waals surface area contributed by atoms with Gasteiger partial charge in [-0.15, -0.1) is 0 Å². The lowest BCUT2D eigenvalue weighted by Crippen LogP contribution is -2.55. The molecule has 2 rings (SSSR count). The molecular formula is C15H28N2O2. The van der Waals surface area contributed by atoms with Crippen molar-refractivity contribution in [2.24, 2.45) is 5.92 Å². The molecule has 1 amide bonds. The van der Waals surface area contributed by atoms with Crippen LogP contribution >= 0.6 is 0 Å². The molecule has 2 aliphatic heterocycles. The van der Waals surface area contributed by atoms with Gasteiger partial charge in [-0.05, 0) is 65.6 Å². The molecule has 0 saturated carbocycles. The Morgan fingerprint density at radius 2 is 1.89 bits per heavy atom. The Hall–Kier alpha value is -0.610. The summed E-state index contributed by atoms with van der Waals surface area (Å²) >= 11 is 0. The van der Waals surface area contributed by atoms with Gasteiger partial charge >= 0.3 is 0 Å². The molecule has 4 nitrogen and oxygen atoms in total. The van der Waals surface area contributed by atoms with Crippen molar-refractivity contribution in [2.75, 3.05) is 26.7 Å². The topological polar surface area (TPSA) is 43.8 Å². The van der Waals surface area contributed by atoms with E-state index in [1.807, 2.05) is 4.90 Å². The van der Waals surface area contributed by atoms with Gasteiger partial charge in [-0.3, -0.25) is 4.79 Å². The average Bonchev–Trinajstić information content (AvgIpc) is 2.35. The number of amides is 1. The molecule has 1 atom stereocenters. The van der Waals surface area contributed by atoms with Gasteiger partial charge in [0.05, 0.1) is 6.10 Å². The lowest BCUT2D eigenvalue weighted by atomic mass is 9.87. The molecule has 0 aromatic heterocycles. The van der Waals surface area contributed by atoms with Crippen molar-refractivity contribution >= 4 is 5.91 Å². The van der Waals surface area contributed by atoms with Crippen LogP contribution in [0, 0.1) is 5.92 Å². The summed E-state index contributed by atoms with van der Waals surface area (Å²) in [5.74, 6) is 0.761. The number of carbonyl (C=O) groups excluding carboxylic acids is 1. The van der Waals surface area contributed by atoms with E-state index in [0.29, 0.717) is 18.9 Å². The standard InChI is InChI=1S/C15H28N2O2/c1-15(2)7-4-13(18)11-17(15)14(19)10-12-5-8-16(3)9-6-12/h12-13,18H,4-11H2,1-3H3. The summed E-state index contributed by atoms with van der Waals surface area (Å²) in [4.78, 5) is 16.8. The van der Waals surface area contributed by atoms with Gasteiger partial charge in [-0.25, -0.2) is 0 Å². The number of piperidine rings is 2. The van der Waals surface area contributed by atoms with E-state index in [1.54, 1.807) is 0 Å². The summed E-state index contributed by atoms with van der Waals surface area (Å²) in [7, 11) is 2.14. The molecule has 0 aliphatic carbocycles. The molecule has 19 heavy (non-hydrogen) atoms. The van der Waals surface area contributed by atoms with E-state index >= 15 is 0 Å². The summed E-state index contributed by atoms with van der Waals surface area (Å²) in [5, 5.41) is 9.80. The second-order valence-electron chi connectivity index (χ2n) is 6.96. The van der Waals surface area contributed by atoms with Crippen LogP contribution in [0.3, 0.4) is 0 Å². The van der Waals surface area contributed by atoms with E-state index in [1.165, 1.54) is 0 Å². The summed E-state index contributed by atoms with van der Waals surface area (Å²) in [6.45, 7) is 6.95. The number of carbonyl (C=O) groups is 1. The van der Waals surface area contributed by atoms with Gasteiger partial charge in [0.25, 0.3) is 0 Å². The lowest BCUT2D eigenvalue weighted by molar-refractivity contribution is -0.143. The van der Waals surface area contributed by atoms with E-state index in [4.69, 9.17) is 0 Å². The first kappa shape index (κ1) is 14.8. The van der Waals surface area contributed by atoms with Crippen LogP contribution in [-0.2, 0) is 4.79 Å². The molecule has 4 heteroatoms. The maximum Gasteiger partial charge on any atom is 0.223 e. The Bertz CT molecular complexity index is 322. The van der Waals surface area contributed by atoms with Crippen LogP contribution < -0.4 is 0 Å². The zero-order valence-corrected chi connectivity index (χ0v) is 12.6. The number of likely N-dealkylation sites (tertiary alicyclic amines) is 2. The van der Waals surface area contributed by atoms with Gasteiger partial charge in [0, 0.05) is 18.5 Å². The van der Waals surface area contributed by atoms with Crippen molar-refractivity contribution in [3.8, 4) is 0 Å². The van der Waals surface area contributed by atoms with Gasteiger partial charge in [-0.1, -0.05) is 0 Å². The second kappa shape index (κ2) is 5.80. The zero-order valence-electron chi connectivity index (χ0n) is 12.6. The molecule has 0 bridgehead atoms. The van der Waals surface area contributed by atoms with Crippen molar-refractivity contribution < 1.29 is 9.90 Å². The monoisotopic (exact) mass is 268 g/mol. The van der Waals surface area contributed by atoms with Gasteiger partial charge < -0.3 is 14.9 Å². The fourth-order valence-electron chi connectivity index (χ4n) is 3.27. The SMILES string of the molecule is CN1CCC(CC(=O)N2CC(O)CCC2(C)C)CC1. The minimum Gasteiger partial charge on any atom is -0.391 e. The minimum absolute atomic E-state index is 0.0955. The summed E-state index contributed by atoms with van der Waals surface area (Å²) < 4.78 is 0. The van der Waals surface area contributed by atoms with E-state index < -0.39 is 0 Å². The number of nitrogens with zero attached hydrogens (tertiary/aromatic N) is 2. The summed E-state index contributed by atoms with van der Waals surface area (Å²) in [6, 6.07) is 0. The van der Waals surface area contributed by atoms with Crippen molar-refractivity contribution in [1.82, 2.24) is 9.80 Å². The third-order valence-electron chi connectivity index (χ3n) is 4.82. The van der Waals surface area contributed by atoms with Crippen LogP contribution in [0.5, 0.6) is 0 Å². The van der Waals surface area contributed by atoms with Crippen LogP contribution in [0.25, 0.3) is 0 Å². The Morgan fingerprint density at radius 1 is 1.26 bits per heavy atom. The third-order valence-corrected chi connectivity index (χ3v) is 4.82. The first-order valence-electron chi connectivity index (χ1n) is 7.55. The van der Waals surface area contributed by atoms with Crippen molar-refractivity contribution in [1.29, 1.82) is 0 Å². The Labute approximate surface area is 116 Å². The molecule has 1 N–H and O–H groups in total. The van der Waals surface area contributed by atoms with Crippen LogP contribution in [0.15, 0.2) is 0 Å². The van der Waals surface area contributed by atoms with Crippen LogP contribution in [-0.4, -0.2) is 59.1 Å².